The minimum Gasteiger partial charge on any atom is -0.372 e. The second-order valence-electron chi connectivity index (χ2n) is 6.62. The van der Waals surface area contributed by atoms with E-state index in [0.29, 0.717) is 5.95 Å². The highest BCUT2D eigenvalue weighted by Crippen LogP contribution is 2.23. The van der Waals surface area contributed by atoms with Crippen LogP contribution in [0.15, 0.2) is 36.5 Å². The van der Waals surface area contributed by atoms with Crippen LogP contribution in [0.4, 0.5) is 23.1 Å². The maximum atomic E-state index is 4.53. The number of nitrogens with one attached hydrogen (secondary N) is 2. The van der Waals surface area contributed by atoms with Crippen molar-refractivity contribution in [3.8, 4) is 0 Å². The molecule has 0 bridgehead atoms. The van der Waals surface area contributed by atoms with Crippen LogP contribution in [0.5, 0.6) is 0 Å². The van der Waals surface area contributed by atoms with E-state index in [1.54, 1.807) is 6.20 Å². The Morgan fingerprint density at radius 3 is 2.56 bits per heavy atom. The summed E-state index contributed by atoms with van der Waals surface area (Å²) in [6, 6.07) is 10.5. The number of hydrogen-bond acceptors (Lipinski definition) is 5. The van der Waals surface area contributed by atoms with Crippen LogP contribution < -0.4 is 15.5 Å². The van der Waals surface area contributed by atoms with Gasteiger partial charge in [0.1, 0.15) is 5.82 Å². The van der Waals surface area contributed by atoms with Crippen molar-refractivity contribution in [2.75, 3.05) is 35.2 Å². The predicted molar refractivity (Wildman–Crippen MR) is 106 cm³/mol. The average molecular weight is 339 g/mol. The lowest BCUT2D eigenvalue weighted by Crippen LogP contribution is -2.29. The van der Waals surface area contributed by atoms with Crippen LogP contribution in [0.1, 0.15) is 45.4 Å². The minimum atomic E-state index is 0.631. The van der Waals surface area contributed by atoms with E-state index in [1.807, 2.05) is 6.07 Å². The summed E-state index contributed by atoms with van der Waals surface area (Å²) in [6.07, 6.45) is 9.38. The van der Waals surface area contributed by atoms with Crippen molar-refractivity contribution in [2.24, 2.45) is 0 Å². The molecule has 0 amide bonds. The summed E-state index contributed by atoms with van der Waals surface area (Å²) in [5, 5.41) is 6.66. The van der Waals surface area contributed by atoms with Gasteiger partial charge >= 0.3 is 0 Å². The summed E-state index contributed by atoms with van der Waals surface area (Å²) in [4.78, 5) is 11.3. The van der Waals surface area contributed by atoms with Gasteiger partial charge in [0.25, 0.3) is 0 Å². The van der Waals surface area contributed by atoms with E-state index in [2.05, 4.69) is 56.7 Å². The van der Waals surface area contributed by atoms with Gasteiger partial charge in [-0.15, -0.1) is 0 Å². The highest BCUT2D eigenvalue weighted by atomic mass is 15.1. The first-order chi connectivity index (χ1) is 12.3. The number of nitrogens with zero attached hydrogens (tertiary/aromatic N) is 3. The lowest BCUT2D eigenvalue weighted by molar-refractivity contribution is 0.578. The zero-order valence-electron chi connectivity index (χ0n) is 15.2. The molecular formula is C20H29N5. The molecule has 1 aliphatic heterocycles. The summed E-state index contributed by atoms with van der Waals surface area (Å²) in [5.41, 5.74) is 2.32. The lowest BCUT2D eigenvalue weighted by Gasteiger charge is -2.28. The molecule has 0 spiro atoms. The first kappa shape index (κ1) is 17.5. The molecule has 5 nitrogen and oxygen atoms in total. The number of aromatic nitrogens is 2. The summed E-state index contributed by atoms with van der Waals surface area (Å²) in [5.74, 6) is 1.50. The first-order valence-corrected chi connectivity index (χ1v) is 9.54. The fraction of sp³-hybridized carbons (Fsp3) is 0.500. The van der Waals surface area contributed by atoms with Gasteiger partial charge in [-0.05, 0) is 56.0 Å². The maximum Gasteiger partial charge on any atom is 0.229 e. The molecule has 134 valence electrons. The van der Waals surface area contributed by atoms with Gasteiger partial charge in [-0.3, -0.25) is 0 Å². The van der Waals surface area contributed by atoms with E-state index >= 15 is 0 Å². The zero-order chi connectivity index (χ0) is 17.3. The Morgan fingerprint density at radius 2 is 1.80 bits per heavy atom. The Balaban J connectivity index is 1.56. The molecule has 5 heteroatoms. The number of rotatable bonds is 8. The molecular weight excluding hydrogens is 310 g/mol. The van der Waals surface area contributed by atoms with Crippen molar-refractivity contribution in [2.45, 2.75) is 45.4 Å². The van der Waals surface area contributed by atoms with Gasteiger partial charge in [-0.1, -0.05) is 19.8 Å². The Kier molecular flexibility index (Phi) is 6.48. The second-order valence-corrected chi connectivity index (χ2v) is 6.62. The van der Waals surface area contributed by atoms with Crippen molar-refractivity contribution < 1.29 is 0 Å². The number of unbranched alkanes of at least 4 members (excludes halogenated alkanes) is 2. The van der Waals surface area contributed by atoms with Gasteiger partial charge in [0.05, 0.1) is 0 Å². The van der Waals surface area contributed by atoms with Crippen molar-refractivity contribution >= 4 is 23.1 Å². The average Bonchev–Trinajstić information content (AvgIpc) is 2.67. The molecule has 25 heavy (non-hydrogen) atoms. The lowest BCUT2D eigenvalue weighted by atomic mass is 10.1. The minimum absolute atomic E-state index is 0.631. The number of anilines is 4. The van der Waals surface area contributed by atoms with Gasteiger partial charge in [0, 0.05) is 37.2 Å². The Labute approximate surface area is 150 Å². The Morgan fingerprint density at radius 1 is 1.00 bits per heavy atom. The number of benzene rings is 1. The van der Waals surface area contributed by atoms with Crippen molar-refractivity contribution in [1.29, 1.82) is 0 Å². The molecule has 0 radical (unpaired) electrons. The van der Waals surface area contributed by atoms with Crippen LogP contribution in [0, 0.1) is 0 Å². The molecule has 0 aliphatic carbocycles. The van der Waals surface area contributed by atoms with Crippen molar-refractivity contribution in [1.82, 2.24) is 9.97 Å². The van der Waals surface area contributed by atoms with E-state index in [4.69, 9.17) is 0 Å². The zero-order valence-corrected chi connectivity index (χ0v) is 15.2. The standard InChI is InChI=1S/C20H29N5/c1-2-3-5-13-21-19-12-14-22-20(24-19)23-17-8-10-18(11-9-17)25-15-6-4-7-16-25/h8-12,14H,2-7,13,15-16H2,1H3,(H2,21,22,23,24). The quantitative estimate of drug-likeness (QED) is 0.676. The van der Waals surface area contributed by atoms with Crippen molar-refractivity contribution in [3.05, 3.63) is 36.5 Å². The topological polar surface area (TPSA) is 53.1 Å². The molecule has 2 aromatic rings. The second kappa shape index (κ2) is 9.25. The highest BCUT2D eigenvalue weighted by Gasteiger charge is 2.10. The van der Waals surface area contributed by atoms with E-state index in [0.717, 1.165) is 18.1 Å². The monoisotopic (exact) mass is 339 g/mol. The van der Waals surface area contributed by atoms with Gasteiger partial charge < -0.3 is 15.5 Å². The van der Waals surface area contributed by atoms with Crippen LogP contribution in [0.25, 0.3) is 0 Å². The summed E-state index contributed by atoms with van der Waals surface area (Å²) >= 11 is 0. The van der Waals surface area contributed by atoms with E-state index < -0.39 is 0 Å². The molecule has 1 aromatic carbocycles. The van der Waals surface area contributed by atoms with Gasteiger partial charge in [-0.2, -0.15) is 4.98 Å². The van der Waals surface area contributed by atoms with E-state index in [-0.39, 0.29) is 0 Å². The molecule has 1 aliphatic rings. The normalized spacial score (nSPS) is 14.4. The van der Waals surface area contributed by atoms with Crippen LogP contribution >= 0.6 is 0 Å². The van der Waals surface area contributed by atoms with E-state index in [9.17, 15) is 0 Å². The molecule has 3 rings (SSSR count). The molecule has 0 atom stereocenters. The highest BCUT2D eigenvalue weighted by molar-refractivity contribution is 5.60. The Hall–Kier alpha value is -2.30. The maximum absolute atomic E-state index is 4.53. The molecule has 1 fully saturated rings. The third-order valence-corrected chi connectivity index (χ3v) is 4.59. The van der Waals surface area contributed by atoms with Gasteiger partial charge in [0.2, 0.25) is 5.95 Å². The van der Waals surface area contributed by atoms with Crippen LogP contribution in [-0.4, -0.2) is 29.6 Å². The van der Waals surface area contributed by atoms with Crippen molar-refractivity contribution in [3.63, 3.8) is 0 Å². The summed E-state index contributed by atoms with van der Waals surface area (Å²) < 4.78 is 0. The third-order valence-electron chi connectivity index (χ3n) is 4.59. The number of hydrogen-bond donors (Lipinski definition) is 2. The third kappa shape index (κ3) is 5.34. The number of piperidine rings is 1. The summed E-state index contributed by atoms with van der Waals surface area (Å²) in [6.45, 7) is 5.50. The predicted octanol–water partition coefficient (Wildman–Crippen LogP) is 4.81. The fourth-order valence-electron chi connectivity index (χ4n) is 3.15. The van der Waals surface area contributed by atoms with Crippen LogP contribution in [0.3, 0.4) is 0 Å². The van der Waals surface area contributed by atoms with E-state index in [1.165, 1.54) is 57.3 Å². The van der Waals surface area contributed by atoms with Gasteiger partial charge in [0.15, 0.2) is 0 Å². The van der Waals surface area contributed by atoms with Crippen LogP contribution in [-0.2, 0) is 0 Å². The summed E-state index contributed by atoms with van der Waals surface area (Å²) in [7, 11) is 0. The Bertz CT molecular complexity index is 635. The molecule has 0 saturated carbocycles. The first-order valence-electron chi connectivity index (χ1n) is 9.54. The smallest absolute Gasteiger partial charge is 0.229 e. The SMILES string of the molecule is CCCCCNc1ccnc(Nc2ccc(N3CCCCC3)cc2)n1. The molecule has 1 aromatic heterocycles. The molecule has 0 unspecified atom stereocenters. The fourth-order valence-corrected chi connectivity index (χ4v) is 3.15. The molecule has 2 heterocycles. The van der Waals surface area contributed by atoms with Crippen LogP contribution in [0.2, 0.25) is 0 Å². The molecule has 2 N–H and O–H groups in total. The molecule has 1 saturated heterocycles. The largest absolute Gasteiger partial charge is 0.372 e. The van der Waals surface area contributed by atoms with Gasteiger partial charge in [-0.25, -0.2) is 4.98 Å².